The summed E-state index contributed by atoms with van der Waals surface area (Å²) in [5.74, 6) is -0.189. The van der Waals surface area contributed by atoms with Gasteiger partial charge in [0.1, 0.15) is 11.8 Å². The number of ether oxygens (including phenoxy) is 1. The number of aliphatic hydroxyl groups excluding tert-OH is 1. The monoisotopic (exact) mass is 509 g/mol. The molecule has 0 radical (unpaired) electrons. The molecule has 0 spiro atoms. The maximum Gasteiger partial charge on any atom is 0.316 e. The van der Waals surface area contributed by atoms with Crippen LogP contribution in [0.25, 0.3) is 0 Å². The number of β-amino-alcohol motifs (C(OH)–C–C–N with tert-alkyl or cyclic N) is 1. The number of carbonyl (C=O) groups excluding carboxylic acids is 3. The number of likely N-dealkylation sites (tertiary alicyclic amines) is 1. The summed E-state index contributed by atoms with van der Waals surface area (Å²) < 4.78 is 5.37. The molecule has 8 heteroatoms. The van der Waals surface area contributed by atoms with Gasteiger partial charge in [-0.15, -0.1) is 0 Å². The van der Waals surface area contributed by atoms with Crippen molar-refractivity contribution in [3.8, 4) is 5.75 Å². The summed E-state index contributed by atoms with van der Waals surface area (Å²) >= 11 is 0. The van der Waals surface area contributed by atoms with Crippen LogP contribution in [0.4, 0.5) is 0 Å². The topological polar surface area (TPSA) is 108 Å². The number of nitrogens with zero attached hydrogens (tertiary/aromatic N) is 1. The van der Waals surface area contributed by atoms with Gasteiger partial charge in [0.05, 0.1) is 11.5 Å². The van der Waals surface area contributed by atoms with Crippen LogP contribution in [0, 0.1) is 5.41 Å². The predicted molar refractivity (Wildman–Crippen MR) is 142 cm³/mol. The van der Waals surface area contributed by atoms with Crippen LogP contribution in [0.15, 0.2) is 54.6 Å². The Morgan fingerprint density at radius 3 is 2.30 bits per heavy atom. The lowest BCUT2D eigenvalue weighted by Crippen LogP contribution is -2.53. The molecule has 2 atom stereocenters. The van der Waals surface area contributed by atoms with Gasteiger partial charge in [0.15, 0.2) is 0 Å². The Morgan fingerprint density at radius 1 is 1.03 bits per heavy atom. The number of hydrogen-bond acceptors (Lipinski definition) is 6. The van der Waals surface area contributed by atoms with Gasteiger partial charge in [0.25, 0.3) is 5.91 Å². The molecule has 200 valence electrons. The maximum atomic E-state index is 13.0. The average molecular weight is 510 g/mol. The lowest BCUT2D eigenvalue weighted by Gasteiger charge is -2.30. The Morgan fingerprint density at radius 2 is 1.68 bits per heavy atom. The molecule has 0 bridgehead atoms. The summed E-state index contributed by atoms with van der Waals surface area (Å²) in [6.45, 7) is 10.4. The first-order valence-corrected chi connectivity index (χ1v) is 12.8. The van der Waals surface area contributed by atoms with Crippen LogP contribution in [0.3, 0.4) is 0 Å². The van der Waals surface area contributed by atoms with Gasteiger partial charge >= 0.3 is 5.97 Å². The number of carbonyl (C=O) groups is 3. The summed E-state index contributed by atoms with van der Waals surface area (Å²) in [5.41, 5.74) is 0.171. The van der Waals surface area contributed by atoms with E-state index in [1.54, 1.807) is 62.1 Å². The van der Waals surface area contributed by atoms with E-state index in [0.29, 0.717) is 36.4 Å². The maximum absolute atomic E-state index is 13.0. The number of hydrogen-bond donors (Lipinski definition) is 3. The van der Waals surface area contributed by atoms with E-state index in [2.05, 4.69) is 10.6 Å². The molecule has 1 saturated heterocycles. The summed E-state index contributed by atoms with van der Waals surface area (Å²) in [7, 11) is 0. The number of rotatable bonds is 9. The zero-order chi connectivity index (χ0) is 27.2. The molecule has 1 aliphatic rings. The highest BCUT2D eigenvalue weighted by Crippen LogP contribution is 2.23. The molecule has 8 nitrogen and oxygen atoms in total. The van der Waals surface area contributed by atoms with Crippen molar-refractivity contribution in [2.45, 2.75) is 65.1 Å². The SMILES string of the molecule is CC(C)(CNC(=O)C1CCCN1C(=O)c1ccccc1)NCC(O)c1ccc(OC(=O)C(C)(C)C)cc1. The van der Waals surface area contributed by atoms with Gasteiger partial charge in [-0.3, -0.25) is 14.4 Å². The van der Waals surface area contributed by atoms with Crippen molar-refractivity contribution in [3.63, 3.8) is 0 Å². The quantitative estimate of drug-likeness (QED) is 0.353. The average Bonchev–Trinajstić information content (AvgIpc) is 3.36. The standard InChI is InChI=1S/C29H39N3O5/c1-28(2,3)27(36)37-22-15-13-20(14-16-22)24(33)18-31-29(4,5)19-30-25(34)23-12-9-17-32(23)26(35)21-10-7-6-8-11-21/h6-8,10-11,13-16,23-24,31,33H,9,12,17-19H2,1-5H3,(H,30,34). The van der Waals surface area contributed by atoms with Crippen molar-refractivity contribution in [2.75, 3.05) is 19.6 Å². The van der Waals surface area contributed by atoms with Crippen molar-refractivity contribution >= 4 is 17.8 Å². The molecule has 1 aliphatic heterocycles. The van der Waals surface area contributed by atoms with E-state index in [1.807, 2.05) is 32.0 Å². The highest BCUT2D eigenvalue weighted by Gasteiger charge is 2.35. The second-order valence-electron chi connectivity index (χ2n) is 11.2. The summed E-state index contributed by atoms with van der Waals surface area (Å²) in [5, 5.41) is 16.9. The molecule has 2 amide bonds. The first-order chi connectivity index (χ1) is 17.4. The molecule has 1 heterocycles. The highest BCUT2D eigenvalue weighted by molar-refractivity contribution is 5.97. The van der Waals surface area contributed by atoms with E-state index in [9.17, 15) is 19.5 Å². The molecular formula is C29H39N3O5. The first kappa shape index (κ1) is 28.3. The Kier molecular flexibility index (Phi) is 9.10. The van der Waals surface area contributed by atoms with E-state index >= 15 is 0 Å². The highest BCUT2D eigenvalue weighted by atomic mass is 16.5. The fourth-order valence-electron chi connectivity index (χ4n) is 4.03. The van der Waals surface area contributed by atoms with Crippen molar-refractivity contribution < 1.29 is 24.2 Å². The third-order valence-corrected chi connectivity index (χ3v) is 6.40. The van der Waals surface area contributed by atoms with Crippen molar-refractivity contribution in [2.24, 2.45) is 5.41 Å². The Hall–Kier alpha value is -3.23. The Bertz CT molecular complexity index is 1080. The minimum Gasteiger partial charge on any atom is -0.426 e. The van der Waals surface area contributed by atoms with Gasteiger partial charge in [-0.25, -0.2) is 0 Å². The van der Waals surface area contributed by atoms with Crippen LogP contribution < -0.4 is 15.4 Å². The molecule has 0 aliphatic carbocycles. The molecule has 1 fully saturated rings. The van der Waals surface area contributed by atoms with Gasteiger partial charge in [-0.2, -0.15) is 0 Å². The van der Waals surface area contributed by atoms with Crippen LogP contribution >= 0.6 is 0 Å². The Labute approximate surface area is 219 Å². The molecule has 0 saturated carbocycles. The first-order valence-electron chi connectivity index (χ1n) is 12.8. The molecule has 2 aromatic rings. The molecule has 2 unspecified atom stereocenters. The number of esters is 1. The van der Waals surface area contributed by atoms with E-state index < -0.39 is 23.1 Å². The van der Waals surface area contributed by atoms with Crippen LogP contribution in [0.5, 0.6) is 5.75 Å². The summed E-state index contributed by atoms with van der Waals surface area (Å²) in [6.07, 6.45) is 0.646. The lowest BCUT2D eigenvalue weighted by molar-refractivity contribution is -0.143. The lowest BCUT2D eigenvalue weighted by atomic mass is 9.97. The molecular weight excluding hydrogens is 470 g/mol. The number of aliphatic hydroxyl groups is 1. The molecule has 3 rings (SSSR count). The largest absolute Gasteiger partial charge is 0.426 e. The third kappa shape index (κ3) is 7.87. The van der Waals surface area contributed by atoms with E-state index in [-0.39, 0.29) is 24.3 Å². The predicted octanol–water partition coefficient (Wildman–Crippen LogP) is 3.46. The third-order valence-electron chi connectivity index (χ3n) is 6.40. The van der Waals surface area contributed by atoms with Crippen LogP contribution in [-0.4, -0.2) is 59.0 Å². The van der Waals surface area contributed by atoms with E-state index in [0.717, 1.165) is 6.42 Å². The van der Waals surface area contributed by atoms with Gasteiger partial charge < -0.3 is 25.4 Å². The van der Waals surface area contributed by atoms with Crippen LogP contribution in [-0.2, 0) is 9.59 Å². The fraction of sp³-hybridized carbons (Fsp3) is 0.483. The smallest absolute Gasteiger partial charge is 0.316 e. The van der Waals surface area contributed by atoms with E-state index in [4.69, 9.17) is 4.74 Å². The number of benzene rings is 2. The van der Waals surface area contributed by atoms with Gasteiger partial charge in [-0.1, -0.05) is 30.3 Å². The van der Waals surface area contributed by atoms with E-state index in [1.165, 1.54) is 0 Å². The molecule has 2 aromatic carbocycles. The van der Waals surface area contributed by atoms with Gasteiger partial charge in [-0.05, 0) is 77.3 Å². The van der Waals surface area contributed by atoms with Crippen molar-refractivity contribution in [3.05, 3.63) is 65.7 Å². The summed E-state index contributed by atoms with van der Waals surface area (Å²) in [6, 6.07) is 15.3. The Balaban J connectivity index is 1.48. The number of nitrogens with one attached hydrogen (secondary N) is 2. The normalized spacial score (nSPS) is 16.8. The van der Waals surface area contributed by atoms with Crippen molar-refractivity contribution in [1.29, 1.82) is 0 Å². The van der Waals surface area contributed by atoms with Gasteiger partial charge in [0.2, 0.25) is 5.91 Å². The molecule has 3 N–H and O–H groups in total. The van der Waals surface area contributed by atoms with Crippen LogP contribution in [0.1, 0.15) is 69.5 Å². The van der Waals surface area contributed by atoms with Gasteiger partial charge in [0, 0.05) is 30.7 Å². The minimum absolute atomic E-state index is 0.127. The fourth-order valence-corrected chi connectivity index (χ4v) is 4.03. The van der Waals surface area contributed by atoms with Crippen LogP contribution in [0.2, 0.25) is 0 Å². The summed E-state index contributed by atoms with van der Waals surface area (Å²) in [4.78, 5) is 39.5. The van der Waals surface area contributed by atoms with Crippen molar-refractivity contribution in [1.82, 2.24) is 15.5 Å². The minimum atomic E-state index is -0.781. The second kappa shape index (κ2) is 11.9. The number of amides is 2. The second-order valence-corrected chi connectivity index (χ2v) is 11.2. The molecule has 37 heavy (non-hydrogen) atoms. The zero-order valence-electron chi connectivity index (χ0n) is 22.4. The molecule has 0 aromatic heterocycles. The zero-order valence-corrected chi connectivity index (χ0v) is 22.4.